The number of sulfonamides is 1. The molecule has 1 saturated heterocycles. The standard InChI is InChI=1S/C28H38N4O5S/c1-19-12-20(2)26(21(3)13-19)38(34,35)32-18-28(4,5)37-16-24(32)15-36-17-25(33)31-14-22-6-8-23(9-7-22)27-29-10-11-30-27/h6-9,12-13,24H,10-11,14-18H2,1-5H3,(H,29,30)(H,31,33)/t24-/m1/s1. The van der Waals surface area contributed by atoms with Gasteiger partial charge in [-0.2, -0.15) is 4.31 Å². The van der Waals surface area contributed by atoms with Gasteiger partial charge in [0.1, 0.15) is 12.4 Å². The van der Waals surface area contributed by atoms with Gasteiger partial charge in [0.15, 0.2) is 0 Å². The molecular formula is C28H38N4O5S. The molecule has 0 unspecified atom stereocenters. The topological polar surface area (TPSA) is 109 Å². The van der Waals surface area contributed by atoms with E-state index in [0.717, 1.165) is 35.6 Å². The summed E-state index contributed by atoms with van der Waals surface area (Å²) >= 11 is 0. The van der Waals surface area contributed by atoms with Crippen LogP contribution in [0.3, 0.4) is 0 Å². The Balaban J connectivity index is 1.35. The van der Waals surface area contributed by atoms with Crippen LogP contribution >= 0.6 is 0 Å². The summed E-state index contributed by atoms with van der Waals surface area (Å²) in [6.45, 7) is 11.6. The summed E-state index contributed by atoms with van der Waals surface area (Å²) in [5, 5.41) is 6.09. The lowest BCUT2D eigenvalue weighted by atomic mass is 10.1. The Hall–Kier alpha value is -2.79. The van der Waals surface area contributed by atoms with E-state index in [9.17, 15) is 13.2 Å². The van der Waals surface area contributed by atoms with E-state index in [4.69, 9.17) is 9.47 Å². The highest BCUT2D eigenvalue weighted by Gasteiger charge is 2.42. The first-order chi connectivity index (χ1) is 18.0. The Bertz CT molecular complexity index is 1280. The molecule has 2 N–H and O–H groups in total. The number of carbonyl (C=O) groups excluding carboxylic acids is 1. The third-order valence-electron chi connectivity index (χ3n) is 6.72. The van der Waals surface area contributed by atoms with Gasteiger partial charge < -0.3 is 20.1 Å². The highest BCUT2D eigenvalue weighted by Crippen LogP contribution is 2.31. The van der Waals surface area contributed by atoms with Crippen LogP contribution in [-0.4, -0.2) is 75.6 Å². The fourth-order valence-corrected chi connectivity index (χ4v) is 7.13. The Labute approximate surface area is 225 Å². The molecule has 2 aromatic rings. The number of hydrogen-bond donors (Lipinski definition) is 2. The molecule has 2 heterocycles. The van der Waals surface area contributed by atoms with Crippen molar-refractivity contribution in [2.45, 2.75) is 57.7 Å². The number of rotatable bonds is 9. The summed E-state index contributed by atoms with van der Waals surface area (Å²) in [7, 11) is -3.81. The van der Waals surface area contributed by atoms with E-state index in [1.807, 2.05) is 71.0 Å². The number of hydrogen-bond acceptors (Lipinski definition) is 7. The first kappa shape index (κ1) is 28.2. The number of amidine groups is 1. The second-order valence-electron chi connectivity index (χ2n) is 10.6. The average molecular weight is 543 g/mol. The number of carbonyl (C=O) groups is 1. The first-order valence-corrected chi connectivity index (χ1v) is 14.4. The van der Waals surface area contributed by atoms with E-state index in [1.165, 1.54) is 4.31 Å². The number of benzene rings is 2. The fraction of sp³-hybridized carbons (Fsp3) is 0.500. The molecule has 0 bridgehead atoms. The molecule has 0 spiro atoms. The zero-order chi connectivity index (χ0) is 27.5. The molecule has 2 aliphatic rings. The third kappa shape index (κ3) is 6.61. The van der Waals surface area contributed by atoms with Crippen molar-refractivity contribution in [3.05, 3.63) is 64.2 Å². The predicted molar refractivity (Wildman–Crippen MR) is 147 cm³/mol. The van der Waals surface area contributed by atoms with Crippen LogP contribution in [0.4, 0.5) is 0 Å². The van der Waals surface area contributed by atoms with E-state index in [1.54, 1.807) is 0 Å². The van der Waals surface area contributed by atoms with Gasteiger partial charge in [0, 0.05) is 25.2 Å². The van der Waals surface area contributed by atoms with Crippen LogP contribution in [0.2, 0.25) is 0 Å². The second-order valence-corrected chi connectivity index (χ2v) is 12.5. The van der Waals surface area contributed by atoms with Crippen molar-refractivity contribution in [3.8, 4) is 0 Å². The van der Waals surface area contributed by atoms with E-state index in [-0.39, 0.29) is 32.3 Å². The highest BCUT2D eigenvalue weighted by atomic mass is 32.2. The summed E-state index contributed by atoms with van der Waals surface area (Å²) in [6.07, 6.45) is 0. The lowest BCUT2D eigenvalue weighted by Gasteiger charge is -2.42. The van der Waals surface area contributed by atoms with E-state index in [0.29, 0.717) is 22.6 Å². The monoisotopic (exact) mass is 542 g/mol. The Kier molecular flexibility index (Phi) is 8.56. The lowest BCUT2D eigenvalue weighted by Crippen LogP contribution is -2.57. The van der Waals surface area contributed by atoms with Crippen molar-refractivity contribution >= 4 is 21.8 Å². The number of nitrogens with zero attached hydrogens (tertiary/aromatic N) is 2. The number of nitrogens with one attached hydrogen (secondary N) is 2. The molecule has 9 nitrogen and oxygen atoms in total. The summed E-state index contributed by atoms with van der Waals surface area (Å²) in [4.78, 5) is 17.2. The highest BCUT2D eigenvalue weighted by molar-refractivity contribution is 7.89. The zero-order valence-electron chi connectivity index (χ0n) is 22.8. The lowest BCUT2D eigenvalue weighted by molar-refractivity contribution is -0.129. The number of ether oxygens (including phenoxy) is 2. The van der Waals surface area contributed by atoms with Gasteiger partial charge in [0.25, 0.3) is 0 Å². The minimum atomic E-state index is -3.81. The second kappa shape index (κ2) is 11.5. The molecule has 2 aromatic carbocycles. The molecule has 4 rings (SSSR count). The maximum absolute atomic E-state index is 13.8. The van der Waals surface area contributed by atoms with Crippen LogP contribution in [0.5, 0.6) is 0 Å². The zero-order valence-corrected chi connectivity index (χ0v) is 23.7. The van der Waals surface area contributed by atoms with Crippen molar-refractivity contribution in [2.75, 3.05) is 39.5 Å². The molecular weight excluding hydrogens is 504 g/mol. The normalized spacial score (nSPS) is 19.6. The van der Waals surface area contributed by atoms with Gasteiger partial charge in [0.2, 0.25) is 15.9 Å². The van der Waals surface area contributed by atoms with Crippen LogP contribution in [0.1, 0.15) is 41.7 Å². The largest absolute Gasteiger partial charge is 0.372 e. The Morgan fingerprint density at radius 3 is 2.50 bits per heavy atom. The maximum Gasteiger partial charge on any atom is 0.246 e. The van der Waals surface area contributed by atoms with Crippen LogP contribution in [0.25, 0.3) is 0 Å². The molecule has 1 amide bonds. The summed E-state index contributed by atoms with van der Waals surface area (Å²) in [5.41, 5.74) is 3.80. The molecule has 206 valence electrons. The van der Waals surface area contributed by atoms with Crippen LogP contribution in [0, 0.1) is 20.8 Å². The number of aryl methyl sites for hydroxylation is 3. The van der Waals surface area contributed by atoms with E-state index in [2.05, 4.69) is 15.6 Å². The van der Waals surface area contributed by atoms with Gasteiger partial charge in [0.05, 0.1) is 36.3 Å². The van der Waals surface area contributed by atoms with Crippen LogP contribution in [-0.2, 0) is 30.8 Å². The minimum Gasteiger partial charge on any atom is -0.372 e. The average Bonchev–Trinajstić information content (AvgIpc) is 3.38. The maximum atomic E-state index is 13.8. The molecule has 0 saturated carbocycles. The van der Waals surface area contributed by atoms with E-state index >= 15 is 0 Å². The first-order valence-electron chi connectivity index (χ1n) is 12.9. The quantitative estimate of drug-likeness (QED) is 0.504. The molecule has 0 radical (unpaired) electrons. The predicted octanol–water partition coefficient (Wildman–Crippen LogP) is 2.46. The van der Waals surface area contributed by atoms with Crippen LogP contribution < -0.4 is 10.6 Å². The summed E-state index contributed by atoms with van der Waals surface area (Å²) < 4.78 is 40.8. The molecule has 1 fully saturated rings. The van der Waals surface area contributed by atoms with Gasteiger partial charge in [-0.25, -0.2) is 8.42 Å². The fourth-order valence-electron chi connectivity index (χ4n) is 4.97. The van der Waals surface area contributed by atoms with Gasteiger partial charge in [-0.05, 0) is 51.3 Å². The summed E-state index contributed by atoms with van der Waals surface area (Å²) in [5.74, 6) is 0.625. The number of aliphatic imine (C=N–C) groups is 1. The van der Waals surface area contributed by atoms with Gasteiger partial charge in [-0.1, -0.05) is 42.0 Å². The van der Waals surface area contributed by atoms with Crippen molar-refractivity contribution in [1.82, 2.24) is 14.9 Å². The van der Waals surface area contributed by atoms with Crippen molar-refractivity contribution < 1.29 is 22.7 Å². The van der Waals surface area contributed by atoms with Crippen molar-refractivity contribution in [3.63, 3.8) is 0 Å². The number of amides is 1. The SMILES string of the molecule is Cc1cc(C)c(S(=O)(=O)N2CC(C)(C)OC[C@H]2COCC(=O)NCc2ccc(C3=NCCN3)cc2)c(C)c1. The van der Waals surface area contributed by atoms with Crippen molar-refractivity contribution in [1.29, 1.82) is 0 Å². The molecule has 0 aromatic heterocycles. The molecule has 10 heteroatoms. The third-order valence-corrected chi connectivity index (χ3v) is 8.92. The Morgan fingerprint density at radius 1 is 1.18 bits per heavy atom. The molecule has 1 atom stereocenters. The molecule has 2 aliphatic heterocycles. The van der Waals surface area contributed by atoms with Gasteiger partial charge in [-0.15, -0.1) is 0 Å². The molecule has 0 aliphatic carbocycles. The Morgan fingerprint density at radius 2 is 1.87 bits per heavy atom. The van der Waals surface area contributed by atoms with E-state index < -0.39 is 21.7 Å². The van der Waals surface area contributed by atoms with Crippen LogP contribution in [0.15, 0.2) is 46.3 Å². The van der Waals surface area contributed by atoms with Gasteiger partial charge >= 0.3 is 0 Å². The summed E-state index contributed by atoms with van der Waals surface area (Å²) in [6, 6.07) is 11.1. The number of morpholine rings is 1. The van der Waals surface area contributed by atoms with Gasteiger partial charge in [-0.3, -0.25) is 9.79 Å². The van der Waals surface area contributed by atoms with Crippen molar-refractivity contribution in [2.24, 2.45) is 4.99 Å². The minimum absolute atomic E-state index is 0.0521. The smallest absolute Gasteiger partial charge is 0.246 e. The molecule has 38 heavy (non-hydrogen) atoms.